The Morgan fingerprint density at radius 2 is 1.81 bits per heavy atom. The number of nitrogens with zero attached hydrogens (tertiary/aromatic N) is 3. The topological polar surface area (TPSA) is 95.2 Å². The fourth-order valence-corrected chi connectivity index (χ4v) is 1.63. The number of aromatic nitrogens is 3. The van der Waals surface area contributed by atoms with Crippen molar-refractivity contribution in [2.75, 3.05) is 5.43 Å². The van der Waals surface area contributed by atoms with Crippen LogP contribution in [0.4, 0.5) is 5.95 Å². The van der Waals surface area contributed by atoms with Crippen LogP contribution >= 0.6 is 0 Å². The summed E-state index contributed by atoms with van der Waals surface area (Å²) in [5, 5.41) is 0. The molecule has 3 N–H and O–H groups in total. The number of rotatable bonds is 5. The van der Waals surface area contributed by atoms with E-state index in [1.165, 1.54) is 0 Å². The minimum absolute atomic E-state index is 0.0634. The third-order valence-electron chi connectivity index (χ3n) is 2.61. The third kappa shape index (κ3) is 4.03. The van der Waals surface area contributed by atoms with E-state index in [9.17, 15) is 0 Å². The van der Waals surface area contributed by atoms with Crippen molar-refractivity contribution in [2.24, 2.45) is 5.84 Å². The van der Waals surface area contributed by atoms with Crippen molar-refractivity contribution in [2.45, 2.75) is 33.8 Å². The molecule has 0 aliphatic rings. The van der Waals surface area contributed by atoms with Crippen molar-refractivity contribution in [3.8, 4) is 17.8 Å². The van der Waals surface area contributed by atoms with Gasteiger partial charge in [0.1, 0.15) is 5.75 Å². The predicted molar refractivity (Wildman–Crippen MR) is 79.4 cm³/mol. The molecule has 0 saturated heterocycles. The van der Waals surface area contributed by atoms with E-state index in [0.717, 1.165) is 11.1 Å². The van der Waals surface area contributed by atoms with Crippen LogP contribution in [-0.4, -0.2) is 21.1 Å². The lowest BCUT2D eigenvalue weighted by molar-refractivity contribution is 0.218. The first-order chi connectivity index (χ1) is 9.97. The normalized spacial score (nSPS) is 10.6. The van der Waals surface area contributed by atoms with Crippen LogP contribution in [0.1, 0.15) is 25.0 Å². The molecule has 7 heteroatoms. The van der Waals surface area contributed by atoms with E-state index in [1.54, 1.807) is 0 Å². The van der Waals surface area contributed by atoms with E-state index in [2.05, 4.69) is 20.4 Å². The first-order valence-corrected chi connectivity index (χ1v) is 6.62. The Kier molecular flexibility index (Phi) is 4.54. The van der Waals surface area contributed by atoms with E-state index in [-0.39, 0.29) is 24.1 Å². The van der Waals surface area contributed by atoms with Gasteiger partial charge in [-0.3, -0.25) is 5.43 Å². The van der Waals surface area contributed by atoms with Crippen molar-refractivity contribution in [3.05, 3.63) is 29.3 Å². The Labute approximate surface area is 123 Å². The van der Waals surface area contributed by atoms with Gasteiger partial charge in [-0.15, -0.1) is 4.98 Å². The van der Waals surface area contributed by atoms with Crippen LogP contribution < -0.4 is 20.7 Å². The molecule has 0 unspecified atom stereocenters. The van der Waals surface area contributed by atoms with Crippen molar-refractivity contribution in [1.29, 1.82) is 0 Å². The molecule has 0 amide bonds. The van der Waals surface area contributed by atoms with E-state index in [4.69, 9.17) is 15.3 Å². The molecular formula is C14H19N5O2. The standard InChI is InChI=1S/C14H19N5O2/c1-8(2)20-13-16-12(19-15)17-14(18-13)21-11-7-9(3)5-6-10(11)4/h5-8H,15H2,1-4H3,(H,16,17,18,19). The van der Waals surface area contributed by atoms with Gasteiger partial charge in [-0.05, 0) is 44.9 Å². The molecule has 0 bridgehead atoms. The Balaban J connectivity index is 2.32. The molecule has 0 aliphatic heterocycles. The molecule has 0 atom stereocenters. The Morgan fingerprint density at radius 1 is 1.10 bits per heavy atom. The van der Waals surface area contributed by atoms with Crippen LogP contribution in [0.2, 0.25) is 0 Å². The zero-order valence-electron chi connectivity index (χ0n) is 12.5. The summed E-state index contributed by atoms with van der Waals surface area (Å²) >= 11 is 0. The molecule has 112 valence electrons. The third-order valence-corrected chi connectivity index (χ3v) is 2.61. The number of nitrogens with two attached hydrogens (primary N) is 1. The highest BCUT2D eigenvalue weighted by Gasteiger charge is 2.11. The summed E-state index contributed by atoms with van der Waals surface area (Å²) in [6.07, 6.45) is -0.0634. The first-order valence-electron chi connectivity index (χ1n) is 6.62. The van der Waals surface area contributed by atoms with Gasteiger partial charge in [-0.2, -0.15) is 9.97 Å². The second-order valence-electron chi connectivity index (χ2n) is 4.91. The van der Waals surface area contributed by atoms with Gasteiger partial charge in [0.25, 0.3) is 0 Å². The number of hydrogen-bond donors (Lipinski definition) is 2. The lowest BCUT2D eigenvalue weighted by Crippen LogP contribution is -2.15. The van der Waals surface area contributed by atoms with E-state index in [0.29, 0.717) is 5.75 Å². The fourth-order valence-electron chi connectivity index (χ4n) is 1.63. The molecular weight excluding hydrogens is 270 g/mol. The summed E-state index contributed by atoms with van der Waals surface area (Å²) in [6.45, 7) is 7.69. The monoisotopic (exact) mass is 289 g/mol. The van der Waals surface area contributed by atoms with Crippen LogP contribution in [0.15, 0.2) is 18.2 Å². The van der Waals surface area contributed by atoms with E-state index in [1.807, 2.05) is 45.9 Å². The van der Waals surface area contributed by atoms with Crippen LogP contribution in [0, 0.1) is 13.8 Å². The van der Waals surface area contributed by atoms with Crippen LogP contribution in [0.3, 0.4) is 0 Å². The highest BCUT2D eigenvalue weighted by molar-refractivity contribution is 5.38. The Bertz CT molecular complexity index is 631. The number of ether oxygens (including phenoxy) is 2. The van der Waals surface area contributed by atoms with E-state index < -0.39 is 0 Å². The number of nitrogen functional groups attached to an aromatic ring is 1. The summed E-state index contributed by atoms with van der Waals surface area (Å²) in [7, 11) is 0. The van der Waals surface area contributed by atoms with Gasteiger partial charge < -0.3 is 9.47 Å². The Morgan fingerprint density at radius 3 is 2.48 bits per heavy atom. The highest BCUT2D eigenvalue weighted by atomic mass is 16.5. The SMILES string of the molecule is Cc1ccc(C)c(Oc2nc(NN)nc(OC(C)C)n2)c1. The van der Waals surface area contributed by atoms with Gasteiger partial charge in [-0.25, -0.2) is 5.84 Å². The molecule has 7 nitrogen and oxygen atoms in total. The second-order valence-corrected chi connectivity index (χ2v) is 4.91. The maximum atomic E-state index is 5.72. The molecule has 21 heavy (non-hydrogen) atoms. The molecule has 0 saturated carbocycles. The Hall–Kier alpha value is -2.41. The number of aryl methyl sites for hydroxylation is 2. The fraction of sp³-hybridized carbons (Fsp3) is 0.357. The number of anilines is 1. The molecule has 0 fully saturated rings. The predicted octanol–water partition coefficient (Wildman–Crippen LogP) is 2.35. The summed E-state index contributed by atoms with van der Waals surface area (Å²) in [5.74, 6) is 6.21. The molecule has 0 spiro atoms. The van der Waals surface area contributed by atoms with Crippen LogP contribution in [0.5, 0.6) is 17.8 Å². The molecule has 2 aromatic rings. The largest absolute Gasteiger partial charge is 0.461 e. The number of benzene rings is 1. The average Bonchev–Trinajstić information content (AvgIpc) is 2.42. The van der Waals surface area contributed by atoms with Crippen molar-refractivity contribution in [1.82, 2.24) is 15.0 Å². The number of nitrogens with one attached hydrogen (secondary N) is 1. The van der Waals surface area contributed by atoms with Gasteiger partial charge in [0.15, 0.2) is 0 Å². The zero-order chi connectivity index (χ0) is 15.4. The summed E-state index contributed by atoms with van der Waals surface area (Å²) in [6, 6.07) is 6.18. The molecule has 1 aromatic heterocycles. The minimum atomic E-state index is -0.0634. The van der Waals surface area contributed by atoms with Crippen molar-refractivity contribution < 1.29 is 9.47 Å². The van der Waals surface area contributed by atoms with Gasteiger partial charge in [0, 0.05) is 0 Å². The molecule has 0 radical (unpaired) electrons. The van der Waals surface area contributed by atoms with Crippen molar-refractivity contribution in [3.63, 3.8) is 0 Å². The lowest BCUT2D eigenvalue weighted by atomic mass is 10.1. The maximum absolute atomic E-state index is 5.72. The quantitative estimate of drug-likeness (QED) is 0.644. The first kappa shape index (κ1) is 15.0. The second kappa shape index (κ2) is 6.36. The maximum Gasteiger partial charge on any atom is 0.330 e. The van der Waals surface area contributed by atoms with Gasteiger partial charge in [0.05, 0.1) is 6.10 Å². The number of hydrazine groups is 1. The molecule has 1 aromatic carbocycles. The van der Waals surface area contributed by atoms with E-state index >= 15 is 0 Å². The summed E-state index contributed by atoms with van der Waals surface area (Å²) in [4.78, 5) is 12.2. The smallest absolute Gasteiger partial charge is 0.330 e. The highest BCUT2D eigenvalue weighted by Crippen LogP contribution is 2.25. The lowest BCUT2D eigenvalue weighted by Gasteiger charge is -2.11. The summed E-state index contributed by atoms with van der Waals surface area (Å²) in [5.41, 5.74) is 4.44. The van der Waals surface area contributed by atoms with Crippen LogP contribution in [-0.2, 0) is 0 Å². The molecule has 1 heterocycles. The summed E-state index contributed by atoms with van der Waals surface area (Å²) < 4.78 is 11.2. The zero-order valence-corrected chi connectivity index (χ0v) is 12.5. The molecule has 0 aliphatic carbocycles. The van der Waals surface area contributed by atoms with Gasteiger partial charge in [-0.1, -0.05) is 12.1 Å². The average molecular weight is 289 g/mol. The van der Waals surface area contributed by atoms with Gasteiger partial charge in [0.2, 0.25) is 5.95 Å². The minimum Gasteiger partial charge on any atom is -0.461 e. The van der Waals surface area contributed by atoms with Crippen LogP contribution in [0.25, 0.3) is 0 Å². The van der Waals surface area contributed by atoms with Gasteiger partial charge >= 0.3 is 12.0 Å². The molecule has 2 rings (SSSR count). The van der Waals surface area contributed by atoms with Crippen molar-refractivity contribution >= 4 is 5.95 Å². The number of hydrogen-bond acceptors (Lipinski definition) is 7.